The van der Waals surface area contributed by atoms with Gasteiger partial charge in [-0.25, -0.2) is 0 Å². The Morgan fingerprint density at radius 2 is 1.90 bits per heavy atom. The molecule has 4 rings (SSSR count). The van der Waals surface area contributed by atoms with Crippen LogP contribution in [0.25, 0.3) is 11.1 Å². The first-order valence-corrected chi connectivity index (χ1v) is 9.31. The maximum absolute atomic E-state index is 12.7. The number of hydrogen-bond acceptors (Lipinski definition) is 5. The number of para-hydroxylation sites is 1. The number of methoxy groups -OCH3 is 1. The number of hydrogen-bond donors (Lipinski definition) is 2. The third-order valence-corrected chi connectivity index (χ3v) is 4.58. The Kier molecular flexibility index (Phi) is 5.20. The van der Waals surface area contributed by atoms with Gasteiger partial charge < -0.3 is 15.4 Å². The minimum atomic E-state index is -0.341. The summed E-state index contributed by atoms with van der Waals surface area (Å²) >= 11 is 0. The molecule has 0 unspecified atom stereocenters. The third-order valence-electron chi connectivity index (χ3n) is 4.58. The molecule has 1 aromatic carbocycles. The van der Waals surface area contributed by atoms with Crippen molar-refractivity contribution >= 4 is 17.5 Å². The predicted molar refractivity (Wildman–Crippen MR) is 109 cm³/mol. The van der Waals surface area contributed by atoms with Gasteiger partial charge in [0.25, 0.3) is 11.8 Å². The van der Waals surface area contributed by atoms with E-state index < -0.39 is 0 Å². The Morgan fingerprint density at radius 3 is 2.69 bits per heavy atom. The molecule has 0 saturated heterocycles. The Bertz CT molecular complexity index is 1060. The quantitative estimate of drug-likeness (QED) is 0.676. The number of anilines is 1. The largest absolute Gasteiger partial charge is 0.496 e. The summed E-state index contributed by atoms with van der Waals surface area (Å²) < 4.78 is 5.40. The van der Waals surface area contributed by atoms with Gasteiger partial charge in [0, 0.05) is 35.1 Å². The van der Waals surface area contributed by atoms with Crippen LogP contribution in [0.5, 0.6) is 5.75 Å². The summed E-state index contributed by atoms with van der Waals surface area (Å²) in [7, 11) is 1.61. The number of pyridine rings is 2. The maximum Gasteiger partial charge on any atom is 0.270 e. The van der Waals surface area contributed by atoms with Crippen molar-refractivity contribution < 1.29 is 14.3 Å². The van der Waals surface area contributed by atoms with E-state index >= 15 is 0 Å². The summed E-state index contributed by atoms with van der Waals surface area (Å²) in [6.45, 7) is 0. The zero-order valence-corrected chi connectivity index (χ0v) is 15.9. The molecule has 1 fully saturated rings. The molecule has 7 heteroatoms. The van der Waals surface area contributed by atoms with Gasteiger partial charge >= 0.3 is 0 Å². The molecule has 3 aromatic rings. The number of amides is 2. The van der Waals surface area contributed by atoms with Crippen molar-refractivity contribution in [1.29, 1.82) is 0 Å². The number of nitrogens with zero attached hydrogens (tertiary/aromatic N) is 2. The average molecular weight is 388 g/mol. The second-order valence-electron chi connectivity index (χ2n) is 6.79. The number of carbonyl (C=O) groups excluding carboxylic acids is 2. The van der Waals surface area contributed by atoms with Crippen LogP contribution < -0.4 is 15.4 Å². The molecule has 0 bridgehead atoms. The number of carbonyl (C=O) groups is 2. The van der Waals surface area contributed by atoms with Crippen molar-refractivity contribution in [1.82, 2.24) is 15.3 Å². The fraction of sp³-hybridized carbons (Fsp3) is 0.182. The van der Waals surface area contributed by atoms with Gasteiger partial charge in [-0.2, -0.15) is 0 Å². The summed E-state index contributed by atoms with van der Waals surface area (Å²) in [6.07, 6.45) is 6.71. The molecular weight excluding hydrogens is 368 g/mol. The molecule has 146 valence electrons. The van der Waals surface area contributed by atoms with Crippen LogP contribution in [-0.2, 0) is 0 Å². The monoisotopic (exact) mass is 388 g/mol. The Hall–Kier alpha value is -3.74. The minimum absolute atomic E-state index is 0.227. The number of benzene rings is 1. The van der Waals surface area contributed by atoms with Crippen LogP contribution >= 0.6 is 0 Å². The van der Waals surface area contributed by atoms with Gasteiger partial charge in [-0.3, -0.25) is 19.6 Å². The van der Waals surface area contributed by atoms with Gasteiger partial charge in [-0.15, -0.1) is 0 Å². The van der Waals surface area contributed by atoms with E-state index in [1.165, 1.54) is 12.3 Å². The lowest BCUT2D eigenvalue weighted by Crippen LogP contribution is -2.26. The SMILES string of the molecule is COc1ccccc1-c1cncc(NC(=O)c2ccnc(C(=O)NC3CC3)c2)c1. The first kappa shape index (κ1) is 18.6. The molecule has 0 spiro atoms. The van der Waals surface area contributed by atoms with Gasteiger partial charge in [0.1, 0.15) is 11.4 Å². The highest BCUT2D eigenvalue weighted by Crippen LogP contribution is 2.30. The van der Waals surface area contributed by atoms with Crippen LogP contribution in [-0.4, -0.2) is 34.9 Å². The van der Waals surface area contributed by atoms with Crippen molar-refractivity contribution in [3.63, 3.8) is 0 Å². The number of nitrogens with one attached hydrogen (secondary N) is 2. The third kappa shape index (κ3) is 4.40. The van der Waals surface area contributed by atoms with Crippen LogP contribution in [0.2, 0.25) is 0 Å². The van der Waals surface area contributed by atoms with Gasteiger partial charge in [0.15, 0.2) is 0 Å². The zero-order valence-electron chi connectivity index (χ0n) is 15.9. The fourth-order valence-electron chi connectivity index (χ4n) is 2.92. The van der Waals surface area contributed by atoms with Crippen LogP contribution in [0.15, 0.2) is 61.1 Å². The molecule has 1 aliphatic rings. The molecule has 2 N–H and O–H groups in total. The fourth-order valence-corrected chi connectivity index (χ4v) is 2.92. The van der Waals surface area contributed by atoms with Crippen molar-refractivity contribution in [2.24, 2.45) is 0 Å². The smallest absolute Gasteiger partial charge is 0.270 e. The number of aromatic nitrogens is 2. The molecule has 2 aromatic heterocycles. The second kappa shape index (κ2) is 8.10. The molecule has 1 aliphatic carbocycles. The molecule has 0 atom stereocenters. The first-order valence-electron chi connectivity index (χ1n) is 9.31. The van der Waals surface area contributed by atoms with Gasteiger partial charge in [0.2, 0.25) is 0 Å². The van der Waals surface area contributed by atoms with Crippen LogP contribution in [0.3, 0.4) is 0 Å². The molecule has 29 heavy (non-hydrogen) atoms. The topological polar surface area (TPSA) is 93.2 Å². The average Bonchev–Trinajstić information content (AvgIpc) is 3.58. The molecule has 2 heterocycles. The predicted octanol–water partition coefficient (Wildman–Crippen LogP) is 3.30. The molecule has 0 radical (unpaired) electrons. The highest BCUT2D eigenvalue weighted by Gasteiger charge is 2.24. The number of rotatable bonds is 6. The highest BCUT2D eigenvalue weighted by atomic mass is 16.5. The lowest BCUT2D eigenvalue weighted by Gasteiger charge is -2.10. The maximum atomic E-state index is 12.7. The van der Waals surface area contributed by atoms with E-state index in [2.05, 4.69) is 20.6 Å². The van der Waals surface area contributed by atoms with Crippen molar-refractivity contribution in [2.75, 3.05) is 12.4 Å². The molecule has 0 aliphatic heterocycles. The Balaban J connectivity index is 1.52. The highest BCUT2D eigenvalue weighted by molar-refractivity contribution is 6.05. The summed E-state index contributed by atoms with van der Waals surface area (Å²) in [4.78, 5) is 33.1. The van der Waals surface area contributed by atoms with E-state index in [1.54, 1.807) is 25.6 Å². The second-order valence-corrected chi connectivity index (χ2v) is 6.79. The van der Waals surface area contributed by atoms with Crippen LogP contribution in [0.4, 0.5) is 5.69 Å². The first-order chi connectivity index (χ1) is 14.1. The zero-order chi connectivity index (χ0) is 20.2. The summed E-state index contributed by atoms with van der Waals surface area (Å²) in [5.74, 6) is 0.118. The Labute approximate surface area is 168 Å². The molecule has 1 saturated carbocycles. The summed E-state index contributed by atoms with van der Waals surface area (Å²) in [6, 6.07) is 12.7. The van der Waals surface area contributed by atoms with Crippen LogP contribution in [0.1, 0.15) is 33.7 Å². The standard InChI is InChI=1S/C22H20N4O3/c1-29-20-5-3-2-4-18(20)15-10-17(13-23-12-15)26-21(27)14-8-9-24-19(11-14)22(28)25-16-6-7-16/h2-5,8-13,16H,6-7H2,1H3,(H,25,28)(H,26,27). The van der Waals surface area contributed by atoms with Crippen molar-refractivity contribution in [2.45, 2.75) is 18.9 Å². The van der Waals surface area contributed by atoms with E-state index in [0.29, 0.717) is 11.3 Å². The number of ether oxygens (including phenoxy) is 1. The Morgan fingerprint density at radius 1 is 1.07 bits per heavy atom. The van der Waals surface area contributed by atoms with Crippen molar-refractivity contribution in [3.8, 4) is 16.9 Å². The lowest BCUT2D eigenvalue weighted by atomic mass is 10.1. The van der Waals surface area contributed by atoms with Gasteiger partial charge in [0.05, 0.1) is 19.0 Å². The summed E-state index contributed by atoms with van der Waals surface area (Å²) in [5.41, 5.74) is 2.81. The van der Waals surface area contributed by atoms with Crippen LogP contribution in [0, 0.1) is 0 Å². The van der Waals surface area contributed by atoms with E-state index in [0.717, 1.165) is 29.7 Å². The van der Waals surface area contributed by atoms with E-state index in [4.69, 9.17) is 4.74 Å². The van der Waals surface area contributed by atoms with Crippen molar-refractivity contribution in [3.05, 3.63) is 72.3 Å². The van der Waals surface area contributed by atoms with Gasteiger partial charge in [-0.05, 0) is 37.1 Å². The van der Waals surface area contributed by atoms with E-state index in [9.17, 15) is 9.59 Å². The van der Waals surface area contributed by atoms with E-state index in [-0.39, 0.29) is 23.6 Å². The minimum Gasteiger partial charge on any atom is -0.496 e. The lowest BCUT2D eigenvalue weighted by molar-refractivity contribution is 0.0946. The molecular formula is C22H20N4O3. The van der Waals surface area contributed by atoms with E-state index in [1.807, 2.05) is 30.3 Å². The molecule has 7 nitrogen and oxygen atoms in total. The molecule has 2 amide bonds. The summed E-state index contributed by atoms with van der Waals surface area (Å²) in [5, 5.41) is 5.69. The van der Waals surface area contributed by atoms with Gasteiger partial charge in [-0.1, -0.05) is 18.2 Å². The normalized spacial score (nSPS) is 12.9.